The van der Waals surface area contributed by atoms with E-state index in [1.54, 1.807) is 0 Å². The van der Waals surface area contributed by atoms with Gasteiger partial charge in [0.2, 0.25) is 11.0 Å². The van der Waals surface area contributed by atoms with Crippen molar-refractivity contribution < 1.29 is 4.79 Å². The summed E-state index contributed by atoms with van der Waals surface area (Å²) in [6, 6.07) is 0.176. The number of nitrogens with one attached hydrogen (secondary N) is 1. The minimum Gasteiger partial charge on any atom is -0.328 e. The number of hydrogen-bond donors (Lipinski definition) is 2. The summed E-state index contributed by atoms with van der Waals surface area (Å²) in [6.45, 7) is 2.15. The fourth-order valence-corrected chi connectivity index (χ4v) is 2.98. The Bertz CT molecular complexity index is 412. The van der Waals surface area contributed by atoms with Crippen LogP contribution in [0, 0.1) is 5.92 Å². The van der Waals surface area contributed by atoms with Gasteiger partial charge in [-0.3, -0.25) is 4.79 Å². The zero-order valence-electron chi connectivity index (χ0n) is 11.1. The topological polar surface area (TPSA) is 80.9 Å². The standard InChI is InChI=1S/C12H20N4OS.ClH/c1-2-3-4-10-15-16-12(18-10)14-11(17)8-5-6-9(13)7-8;/h8-9H,2-7,13H2,1H3,(H,14,16,17);1H. The first kappa shape index (κ1) is 16.3. The minimum absolute atomic E-state index is 0. The Labute approximate surface area is 123 Å². The number of rotatable bonds is 5. The molecule has 1 aliphatic rings. The number of aryl methyl sites for hydroxylation is 1. The van der Waals surface area contributed by atoms with Gasteiger partial charge in [-0.1, -0.05) is 24.7 Å². The minimum atomic E-state index is 0. The van der Waals surface area contributed by atoms with Crippen molar-refractivity contribution in [3.63, 3.8) is 0 Å². The molecule has 1 aromatic heterocycles. The number of unbranched alkanes of at least 4 members (excludes halogenated alkanes) is 1. The summed E-state index contributed by atoms with van der Waals surface area (Å²) in [6.07, 6.45) is 5.80. The van der Waals surface area contributed by atoms with Crippen LogP contribution < -0.4 is 11.1 Å². The van der Waals surface area contributed by atoms with Crippen molar-refractivity contribution in [1.82, 2.24) is 10.2 Å². The molecule has 7 heteroatoms. The summed E-state index contributed by atoms with van der Waals surface area (Å²) < 4.78 is 0. The first-order chi connectivity index (χ1) is 8.69. The van der Waals surface area contributed by atoms with E-state index >= 15 is 0 Å². The van der Waals surface area contributed by atoms with Crippen LogP contribution in [0.3, 0.4) is 0 Å². The number of carbonyl (C=O) groups is 1. The second-order valence-corrected chi connectivity index (χ2v) is 5.93. The summed E-state index contributed by atoms with van der Waals surface area (Å²) in [5.74, 6) is 0.0872. The maximum Gasteiger partial charge on any atom is 0.229 e. The van der Waals surface area contributed by atoms with E-state index in [-0.39, 0.29) is 30.3 Å². The predicted octanol–water partition coefficient (Wildman–Crippen LogP) is 2.37. The van der Waals surface area contributed by atoms with Gasteiger partial charge in [0.1, 0.15) is 5.01 Å². The molecule has 19 heavy (non-hydrogen) atoms. The molecule has 1 heterocycles. The van der Waals surface area contributed by atoms with Gasteiger partial charge in [-0.2, -0.15) is 0 Å². The molecule has 3 N–H and O–H groups in total. The molecule has 1 fully saturated rings. The van der Waals surface area contributed by atoms with Gasteiger partial charge < -0.3 is 11.1 Å². The fourth-order valence-electron chi connectivity index (χ4n) is 2.20. The van der Waals surface area contributed by atoms with Crippen molar-refractivity contribution >= 4 is 34.8 Å². The van der Waals surface area contributed by atoms with Crippen molar-refractivity contribution in [2.75, 3.05) is 5.32 Å². The largest absolute Gasteiger partial charge is 0.328 e. The molecule has 0 aromatic carbocycles. The number of nitrogens with two attached hydrogens (primary N) is 1. The maximum absolute atomic E-state index is 12.0. The quantitative estimate of drug-likeness (QED) is 0.875. The predicted molar refractivity (Wildman–Crippen MR) is 79.7 cm³/mol. The molecule has 1 aliphatic carbocycles. The monoisotopic (exact) mass is 304 g/mol. The van der Waals surface area contributed by atoms with Crippen LogP contribution in [0.25, 0.3) is 0 Å². The first-order valence-corrected chi connectivity index (χ1v) is 7.39. The Morgan fingerprint density at radius 3 is 2.89 bits per heavy atom. The Kier molecular flexibility index (Phi) is 6.68. The van der Waals surface area contributed by atoms with Gasteiger partial charge in [-0.05, 0) is 25.7 Å². The van der Waals surface area contributed by atoms with Gasteiger partial charge in [0.25, 0.3) is 0 Å². The highest BCUT2D eigenvalue weighted by molar-refractivity contribution is 7.15. The van der Waals surface area contributed by atoms with E-state index in [9.17, 15) is 4.79 Å². The average molecular weight is 305 g/mol. The number of anilines is 1. The van der Waals surface area contributed by atoms with Crippen LogP contribution in [0.4, 0.5) is 5.13 Å². The van der Waals surface area contributed by atoms with Crippen LogP contribution in [0.15, 0.2) is 0 Å². The van der Waals surface area contributed by atoms with Gasteiger partial charge in [-0.25, -0.2) is 0 Å². The summed E-state index contributed by atoms with van der Waals surface area (Å²) in [5.41, 5.74) is 5.81. The molecule has 0 spiro atoms. The fraction of sp³-hybridized carbons (Fsp3) is 0.750. The van der Waals surface area contributed by atoms with Crippen molar-refractivity contribution in [2.45, 2.75) is 51.5 Å². The normalized spacial score (nSPS) is 22.0. The summed E-state index contributed by atoms with van der Waals surface area (Å²) >= 11 is 1.48. The molecule has 5 nitrogen and oxygen atoms in total. The molecule has 2 atom stereocenters. The van der Waals surface area contributed by atoms with Crippen LogP contribution >= 0.6 is 23.7 Å². The molecule has 0 saturated heterocycles. The highest BCUT2D eigenvalue weighted by Gasteiger charge is 2.28. The third kappa shape index (κ3) is 4.71. The molecule has 1 aromatic rings. The van der Waals surface area contributed by atoms with Crippen LogP contribution in [-0.4, -0.2) is 22.1 Å². The molecule has 1 saturated carbocycles. The Morgan fingerprint density at radius 1 is 1.47 bits per heavy atom. The Morgan fingerprint density at radius 2 is 2.26 bits per heavy atom. The summed E-state index contributed by atoms with van der Waals surface area (Å²) in [7, 11) is 0. The second kappa shape index (κ2) is 7.77. The number of aromatic nitrogens is 2. The molecule has 0 aliphatic heterocycles. The van der Waals surface area contributed by atoms with E-state index in [4.69, 9.17) is 5.73 Å². The highest BCUT2D eigenvalue weighted by Crippen LogP contribution is 2.26. The molecule has 0 radical (unpaired) electrons. The molecule has 0 bridgehead atoms. The molecular formula is C12H21ClN4OS. The first-order valence-electron chi connectivity index (χ1n) is 6.58. The maximum atomic E-state index is 12.0. The summed E-state index contributed by atoms with van der Waals surface area (Å²) in [5, 5.41) is 12.5. The van der Waals surface area contributed by atoms with E-state index in [0.717, 1.165) is 43.5 Å². The van der Waals surface area contributed by atoms with Crippen LogP contribution in [-0.2, 0) is 11.2 Å². The van der Waals surface area contributed by atoms with Gasteiger partial charge in [0.15, 0.2) is 0 Å². The van der Waals surface area contributed by atoms with Gasteiger partial charge in [0.05, 0.1) is 0 Å². The SMILES string of the molecule is CCCCc1nnc(NC(=O)C2CCC(N)C2)s1.Cl. The molecule has 2 rings (SSSR count). The average Bonchev–Trinajstić information content (AvgIpc) is 2.96. The molecular weight excluding hydrogens is 284 g/mol. The lowest BCUT2D eigenvalue weighted by Gasteiger charge is -2.07. The number of halogens is 1. The van der Waals surface area contributed by atoms with E-state index in [1.807, 2.05) is 0 Å². The van der Waals surface area contributed by atoms with Crippen molar-refractivity contribution in [3.8, 4) is 0 Å². The molecule has 108 valence electrons. The number of amides is 1. The highest BCUT2D eigenvalue weighted by atomic mass is 35.5. The lowest BCUT2D eigenvalue weighted by Crippen LogP contribution is -2.23. The van der Waals surface area contributed by atoms with Gasteiger partial charge in [-0.15, -0.1) is 22.6 Å². The zero-order chi connectivity index (χ0) is 13.0. The third-order valence-electron chi connectivity index (χ3n) is 3.29. The zero-order valence-corrected chi connectivity index (χ0v) is 12.7. The van der Waals surface area contributed by atoms with Crippen LogP contribution in [0.1, 0.15) is 44.0 Å². The van der Waals surface area contributed by atoms with Crippen molar-refractivity contribution in [2.24, 2.45) is 11.7 Å². The van der Waals surface area contributed by atoms with Crippen molar-refractivity contribution in [3.05, 3.63) is 5.01 Å². The van der Waals surface area contributed by atoms with E-state index in [0.29, 0.717) is 5.13 Å². The number of carbonyl (C=O) groups excluding carboxylic acids is 1. The van der Waals surface area contributed by atoms with Crippen LogP contribution in [0.2, 0.25) is 0 Å². The Hall–Kier alpha value is -0.720. The number of nitrogens with zero attached hydrogens (tertiary/aromatic N) is 2. The molecule has 2 unspecified atom stereocenters. The van der Waals surface area contributed by atoms with E-state index in [2.05, 4.69) is 22.4 Å². The smallest absolute Gasteiger partial charge is 0.229 e. The van der Waals surface area contributed by atoms with Crippen LogP contribution in [0.5, 0.6) is 0 Å². The lowest BCUT2D eigenvalue weighted by molar-refractivity contribution is -0.119. The van der Waals surface area contributed by atoms with Gasteiger partial charge in [0, 0.05) is 18.4 Å². The molecule has 1 amide bonds. The third-order valence-corrected chi connectivity index (χ3v) is 4.18. The summed E-state index contributed by atoms with van der Waals surface area (Å²) in [4.78, 5) is 12.0. The lowest BCUT2D eigenvalue weighted by atomic mass is 10.1. The van der Waals surface area contributed by atoms with Gasteiger partial charge >= 0.3 is 0 Å². The van der Waals surface area contributed by atoms with Crippen molar-refractivity contribution in [1.29, 1.82) is 0 Å². The van der Waals surface area contributed by atoms with E-state index in [1.165, 1.54) is 11.3 Å². The number of hydrogen-bond acceptors (Lipinski definition) is 5. The second-order valence-electron chi connectivity index (χ2n) is 4.86. The Balaban J connectivity index is 0.00000180. The van der Waals surface area contributed by atoms with E-state index < -0.39 is 0 Å².